The van der Waals surface area contributed by atoms with Crippen molar-refractivity contribution in [3.63, 3.8) is 0 Å². The minimum absolute atomic E-state index is 0.0339. The molecule has 20 heavy (non-hydrogen) atoms. The third-order valence-electron chi connectivity index (χ3n) is 3.06. The summed E-state index contributed by atoms with van der Waals surface area (Å²) in [5.74, 6) is -0.575. The van der Waals surface area contributed by atoms with Crippen LogP contribution in [0.5, 0.6) is 0 Å². The fourth-order valence-corrected chi connectivity index (χ4v) is 2.20. The molecular formula is C13H11BrN4O2. The zero-order valence-corrected chi connectivity index (χ0v) is 12.0. The maximum Gasteiger partial charge on any atom is 0.289 e. The first kappa shape index (κ1) is 13.0. The number of carbonyl (C=O) groups is 2. The average molecular weight is 335 g/mol. The first-order valence-corrected chi connectivity index (χ1v) is 6.95. The van der Waals surface area contributed by atoms with Crippen molar-refractivity contribution in [1.29, 1.82) is 0 Å². The van der Waals surface area contributed by atoms with E-state index in [1.165, 1.54) is 6.33 Å². The van der Waals surface area contributed by atoms with Crippen LogP contribution in [-0.4, -0.2) is 21.8 Å². The molecule has 2 N–H and O–H groups in total. The molecule has 0 radical (unpaired) electrons. The second-order valence-electron chi connectivity index (χ2n) is 4.60. The molecule has 2 aromatic rings. The summed E-state index contributed by atoms with van der Waals surface area (Å²) in [5.41, 5.74) is 5.70. The van der Waals surface area contributed by atoms with Crippen LogP contribution in [-0.2, 0) is 4.79 Å². The van der Waals surface area contributed by atoms with Gasteiger partial charge in [-0.2, -0.15) is 0 Å². The third kappa shape index (κ3) is 2.62. The van der Waals surface area contributed by atoms with Crippen LogP contribution in [0.2, 0.25) is 0 Å². The van der Waals surface area contributed by atoms with Crippen molar-refractivity contribution in [2.45, 2.75) is 12.8 Å². The number of fused-ring (bicyclic) bond motifs is 1. The van der Waals surface area contributed by atoms with Gasteiger partial charge in [0, 0.05) is 15.8 Å². The average Bonchev–Trinajstić information content (AvgIpc) is 3.28. The lowest BCUT2D eigenvalue weighted by Gasteiger charge is -2.08. The Morgan fingerprint density at radius 1 is 1.20 bits per heavy atom. The van der Waals surface area contributed by atoms with Crippen molar-refractivity contribution in [3.8, 4) is 0 Å². The van der Waals surface area contributed by atoms with Gasteiger partial charge in [-0.1, -0.05) is 15.9 Å². The minimum atomic E-state index is -0.454. The summed E-state index contributed by atoms with van der Waals surface area (Å²) in [6, 6.07) is 5.40. The maximum atomic E-state index is 12.1. The fraction of sp³-hybridized carbons (Fsp3) is 0.231. The van der Waals surface area contributed by atoms with E-state index in [2.05, 4.69) is 36.7 Å². The molecule has 0 spiro atoms. The fourth-order valence-electron chi connectivity index (χ4n) is 1.83. The summed E-state index contributed by atoms with van der Waals surface area (Å²) in [5, 5.41) is 0.625. The van der Waals surface area contributed by atoms with E-state index in [4.69, 9.17) is 0 Å². The van der Waals surface area contributed by atoms with Gasteiger partial charge in [0.25, 0.3) is 5.91 Å². The van der Waals surface area contributed by atoms with E-state index >= 15 is 0 Å². The number of carbonyl (C=O) groups excluding carboxylic acids is 2. The Morgan fingerprint density at radius 2 is 2.00 bits per heavy atom. The van der Waals surface area contributed by atoms with Crippen LogP contribution in [0.4, 0.5) is 0 Å². The first-order chi connectivity index (χ1) is 9.65. The number of halogens is 1. The molecule has 1 fully saturated rings. The lowest BCUT2D eigenvalue weighted by Crippen LogP contribution is -2.42. The Kier molecular flexibility index (Phi) is 3.35. The molecule has 7 heteroatoms. The molecular weight excluding hydrogens is 324 g/mol. The van der Waals surface area contributed by atoms with Crippen LogP contribution in [0.15, 0.2) is 29.0 Å². The first-order valence-electron chi connectivity index (χ1n) is 6.15. The molecule has 102 valence electrons. The van der Waals surface area contributed by atoms with Gasteiger partial charge < -0.3 is 0 Å². The number of nitrogens with one attached hydrogen (secondary N) is 2. The van der Waals surface area contributed by atoms with Crippen LogP contribution in [0, 0.1) is 5.92 Å². The maximum absolute atomic E-state index is 12.1. The normalized spacial score (nSPS) is 14.1. The number of amides is 2. The molecule has 0 unspecified atom stereocenters. The second kappa shape index (κ2) is 5.16. The van der Waals surface area contributed by atoms with Crippen molar-refractivity contribution in [1.82, 2.24) is 20.8 Å². The van der Waals surface area contributed by atoms with Gasteiger partial charge in [-0.05, 0) is 31.0 Å². The molecule has 1 heterocycles. The lowest BCUT2D eigenvalue weighted by molar-refractivity contribution is -0.123. The Balaban J connectivity index is 1.83. The highest BCUT2D eigenvalue weighted by atomic mass is 79.9. The van der Waals surface area contributed by atoms with E-state index in [0.717, 1.165) is 17.3 Å². The predicted octanol–water partition coefficient (Wildman–Crippen LogP) is 1.56. The highest BCUT2D eigenvalue weighted by Crippen LogP contribution is 2.28. The highest BCUT2D eigenvalue weighted by Gasteiger charge is 2.30. The molecule has 0 saturated heterocycles. The van der Waals surface area contributed by atoms with Crippen molar-refractivity contribution in [2.24, 2.45) is 5.92 Å². The van der Waals surface area contributed by atoms with Gasteiger partial charge in [0.15, 0.2) is 0 Å². The minimum Gasteiger partial charge on any atom is -0.273 e. The van der Waals surface area contributed by atoms with Gasteiger partial charge in [0.1, 0.15) is 12.0 Å². The van der Waals surface area contributed by atoms with Gasteiger partial charge >= 0.3 is 0 Å². The standard InChI is InChI=1S/C13H11BrN4O2/c14-8-3-4-10-9(5-8)11(16-6-15-10)13(20)18-17-12(19)7-1-2-7/h3-7H,1-2H2,(H,17,19)(H,18,20). The predicted molar refractivity (Wildman–Crippen MR) is 75.6 cm³/mol. The monoisotopic (exact) mass is 334 g/mol. The van der Waals surface area contributed by atoms with Gasteiger partial charge in [-0.3, -0.25) is 20.4 Å². The van der Waals surface area contributed by atoms with Crippen LogP contribution in [0.3, 0.4) is 0 Å². The summed E-state index contributed by atoms with van der Waals surface area (Å²) in [6.45, 7) is 0. The van der Waals surface area contributed by atoms with Crippen LogP contribution >= 0.6 is 15.9 Å². The lowest BCUT2D eigenvalue weighted by atomic mass is 10.2. The molecule has 0 atom stereocenters. The summed E-state index contributed by atoms with van der Waals surface area (Å²) >= 11 is 3.35. The molecule has 2 amide bonds. The number of nitrogens with zero attached hydrogens (tertiary/aromatic N) is 2. The number of aromatic nitrogens is 2. The summed E-state index contributed by atoms with van der Waals surface area (Å²) < 4.78 is 0.830. The molecule has 1 saturated carbocycles. The summed E-state index contributed by atoms with van der Waals surface area (Å²) in [6.07, 6.45) is 3.09. The number of rotatable bonds is 2. The van der Waals surface area contributed by atoms with Crippen molar-refractivity contribution in [3.05, 3.63) is 34.7 Å². The van der Waals surface area contributed by atoms with Gasteiger partial charge in [-0.25, -0.2) is 9.97 Å². The molecule has 1 aliphatic carbocycles. The van der Waals surface area contributed by atoms with Crippen LogP contribution in [0.1, 0.15) is 23.3 Å². The van der Waals surface area contributed by atoms with E-state index in [1.807, 2.05) is 6.07 Å². The Hall–Kier alpha value is -2.02. The molecule has 0 aliphatic heterocycles. The zero-order chi connectivity index (χ0) is 14.1. The van der Waals surface area contributed by atoms with E-state index in [0.29, 0.717) is 10.9 Å². The van der Waals surface area contributed by atoms with Crippen molar-refractivity contribution in [2.75, 3.05) is 0 Å². The molecule has 1 aromatic heterocycles. The highest BCUT2D eigenvalue weighted by molar-refractivity contribution is 9.10. The molecule has 1 aromatic carbocycles. The van der Waals surface area contributed by atoms with Crippen molar-refractivity contribution < 1.29 is 9.59 Å². The number of benzene rings is 1. The summed E-state index contributed by atoms with van der Waals surface area (Å²) in [7, 11) is 0. The van der Waals surface area contributed by atoms with E-state index < -0.39 is 5.91 Å². The quantitative estimate of drug-likeness (QED) is 0.816. The summed E-state index contributed by atoms with van der Waals surface area (Å²) in [4.78, 5) is 31.7. The SMILES string of the molecule is O=C(NNC(=O)C1CC1)c1ncnc2ccc(Br)cc12. The van der Waals surface area contributed by atoms with Gasteiger partial charge in [-0.15, -0.1) is 0 Å². The van der Waals surface area contributed by atoms with E-state index in [-0.39, 0.29) is 17.5 Å². The van der Waals surface area contributed by atoms with Crippen LogP contribution in [0.25, 0.3) is 10.9 Å². The number of hydrazine groups is 1. The van der Waals surface area contributed by atoms with Gasteiger partial charge in [0.2, 0.25) is 5.91 Å². The van der Waals surface area contributed by atoms with Gasteiger partial charge in [0.05, 0.1) is 5.52 Å². The number of hydrogen-bond acceptors (Lipinski definition) is 4. The van der Waals surface area contributed by atoms with Crippen molar-refractivity contribution >= 4 is 38.6 Å². The Labute approximate surface area is 123 Å². The topological polar surface area (TPSA) is 84.0 Å². The Morgan fingerprint density at radius 3 is 2.75 bits per heavy atom. The zero-order valence-electron chi connectivity index (χ0n) is 10.4. The smallest absolute Gasteiger partial charge is 0.273 e. The molecule has 6 nitrogen and oxygen atoms in total. The third-order valence-corrected chi connectivity index (χ3v) is 3.55. The van der Waals surface area contributed by atoms with E-state index in [1.54, 1.807) is 12.1 Å². The molecule has 1 aliphatic rings. The molecule has 0 bridgehead atoms. The van der Waals surface area contributed by atoms with Crippen LogP contribution < -0.4 is 10.9 Å². The Bertz CT molecular complexity index is 700. The largest absolute Gasteiger partial charge is 0.289 e. The second-order valence-corrected chi connectivity index (χ2v) is 5.52. The molecule has 3 rings (SSSR count). The number of hydrogen-bond donors (Lipinski definition) is 2. The van der Waals surface area contributed by atoms with E-state index in [9.17, 15) is 9.59 Å².